The van der Waals surface area contributed by atoms with Crippen LogP contribution in [-0.4, -0.2) is 80.5 Å². The Morgan fingerprint density at radius 1 is 0.930 bits per heavy atom. The third kappa shape index (κ3) is 4.59. The molecule has 2 saturated heterocycles. The minimum absolute atomic E-state index is 0.0863. The zero-order valence-corrected chi connectivity index (χ0v) is 25.9. The second kappa shape index (κ2) is 11.2. The van der Waals surface area contributed by atoms with Crippen LogP contribution in [0, 0.1) is 11.8 Å². The molecule has 0 aromatic heterocycles. The van der Waals surface area contributed by atoms with Crippen LogP contribution < -0.4 is 9.64 Å². The Bertz CT molecular complexity index is 1460. The minimum atomic E-state index is -0.985. The SMILES string of the molecule is CCOc1ccc(N2CC=C[C@@]3(C)S[C@]45C=CCN(C(C)C)C(=O)C4N([C@H](CO)c4ccccc4)C(=O)[C@@H]5[C@H]3C2=O)cc1. The number of carbonyl (C=O) groups is 3. The molecule has 2 aromatic rings. The third-order valence-corrected chi connectivity index (χ3v) is 11.1. The van der Waals surface area contributed by atoms with Gasteiger partial charge in [-0.25, -0.2) is 0 Å². The lowest BCUT2D eigenvalue weighted by Gasteiger charge is -2.40. The molecule has 2 fully saturated rings. The highest BCUT2D eigenvalue weighted by Gasteiger charge is 2.74. The van der Waals surface area contributed by atoms with E-state index in [0.29, 0.717) is 19.7 Å². The first-order chi connectivity index (χ1) is 20.7. The Balaban J connectivity index is 1.48. The van der Waals surface area contributed by atoms with Crippen LogP contribution in [0.4, 0.5) is 5.69 Å². The molecular weight excluding hydrogens is 562 g/mol. The first-order valence-electron chi connectivity index (χ1n) is 15.0. The third-order valence-electron chi connectivity index (χ3n) is 9.30. The molecule has 4 heterocycles. The van der Waals surface area contributed by atoms with Crippen molar-refractivity contribution in [2.45, 2.75) is 55.3 Å². The average Bonchev–Trinajstić information content (AvgIpc) is 3.26. The van der Waals surface area contributed by atoms with Crippen molar-refractivity contribution in [1.82, 2.24) is 9.80 Å². The highest BCUT2D eigenvalue weighted by molar-refractivity contribution is 8.02. The van der Waals surface area contributed by atoms with Crippen molar-refractivity contribution in [1.29, 1.82) is 0 Å². The van der Waals surface area contributed by atoms with E-state index in [9.17, 15) is 19.5 Å². The molecule has 9 heteroatoms. The predicted octanol–water partition coefficient (Wildman–Crippen LogP) is 4.22. The monoisotopic (exact) mass is 601 g/mol. The van der Waals surface area contributed by atoms with E-state index in [-0.39, 0.29) is 30.4 Å². The maximum atomic E-state index is 14.9. The van der Waals surface area contributed by atoms with Gasteiger partial charge in [-0.2, -0.15) is 0 Å². The first kappa shape index (κ1) is 29.5. The molecule has 0 radical (unpaired) electrons. The highest BCUT2D eigenvalue weighted by atomic mass is 32.2. The fourth-order valence-corrected chi connectivity index (χ4v) is 9.57. The highest BCUT2D eigenvalue weighted by Crippen LogP contribution is 2.66. The van der Waals surface area contributed by atoms with Gasteiger partial charge in [0.25, 0.3) is 0 Å². The number of hydrogen-bond acceptors (Lipinski definition) is 6. The van der Waals surface area contributed by atoms with Crippen LogP contribution in [0.5, 0.6) is 5.75 Å². The molecule has 1 spiro atoms. The van der Waals surface area contributed by atoms with Crippen molar-refractivity contribution in [3.8, 4) is 5.75 Å². The van der Waals surface area contributed by atoms with Crippen LogP contribution in [0.3, 0.4) is 0 Å². The van der Waals surface area contributed by atoms with Crippen molar-refractivity contribution in [2.24, 2.45) is 11.8 Å². The Kier molecular flexibility index (Phi) is 7.67. The molecule has 1 N–H and O–H groups in total. The number of fused-ring (bicyclic) bond motifs is 2. The average molecular weight is 602 g/mol. The fourth-order valence-electron chi connectivity index (χ4n) is 7.43. The first-order valence-corrected chi connectivity index (χ1v) is 15.9. The molecular formula is C34H39N3O5S. The second-order valence-corrected chi connectivity index (χ2v) is 13.9. The van der Waals surface area contributed by atoms with E-state index in [2.05, 4.69) is 6.08 Å². The molecule has 0 saturated carbocycles. The van der Waals surface area contributed by atoms with Gasteiger partial charge in [0, 0.05) is 29.6 Å². The van der Waals surface area contributed by atoms with Gasteiger partial charge in [0.15, 0.2) is 0 Å². The van der Waals surface area contributed by atoms with Crippen LogP contribution >= 0.6 is 11.8 Å². The summed E-state index contributed by atoms with van der Waals surface area (Å²) in [5, 5.41) is 10.7. The number of hydrogen-bond donors (Lipinski definition) is 1. The van der Waals surface area contributed by atoms with Gasteiger partial charge >= 0.3 is 0 Å². The fraction of sp³-hybridized carbons (Fsp3) is 0.441. The smallest absolute Gasteiger partial charge is 0.247 e. The van der Waals surface area contributed by atoms with Crippen LogP contribution in [0.2, 0.25) is 0 Å². The number of thioether (sulfide) groups is 1. The molecule has 43 heavy (non-hydrogen) atoms. The summed E-state index contributed by atoms with van der Waals surface area (Å²) < 4.78 is 3.90. The molecule has 6 atom stereocenters. The Labute approximate surface area is 257 Å². The summed E-state index contributed by atoms with van der Waals surface area (Å²) in [7, 11) is 0. The molecule has 4 aliphatic heterocycles. The summed E-state index contributed by atoms with van der Waals surface area (Å²) >= 11 is 1.55. The minimum Gasteiger partial charge on any atom is -0.494 e. The predicted molar refractivity (Wildman–Crippen MR) is 168 cm³/mol. The van der Waals surface area contributed by atoms with Crippen molar-refractivity contribution in [3.63, 3.8) is 0 Å². The number of benzene rings is 2. The number of anilines is 1. The number of nitrogens with zero attached hydrogens (tertiary/aromatic N) is 3. The Hall–Kier alpha value is -3.56. The lowest BCUT2D eigenvalue weighted by molar-refractivity contribution is -0.146. The number of carbonyl (C=O) groups excluding carboxylic acids is 3. The molecule has 8 nitrogen and oxygen atoms in total. The lowest BCUT2D eigenvalue weighted by atomic mass is 9.74. The van der Waals surface area contributed by atoms with Gasteiger partial charge in [-0.15, -0.1) is 11.8 Å². The van der Waals surface area contributed by atoms with E-state index in [1.165, 1.54) is 0 Å². The van der Waals surface area contributed by atoms with E-state index in [1.807, 2.05) is 101 Å². The van der Waals surface area contributed by atoms with E-state index >= 15 is 0 Å². The topological polar surface area (TPSA) is 90.4 Å². The quantitative estimate of drug-likeness (QED) is 0.479. The summed E-state index contributed by atoms with van der Waals surface area (Å²) in [5.41, 5.74) is 1.48. The lowest BCUT2D eigenvalue weighted by Crippen LogP contribution is -2.55. The van der Waals surface area contributed by atoms with Crippen LogP contribution in [0.25, 0.3) is 0 Å². The number of likely N-dealkylation sites (tertiary alicyclic amines) is 1. The normalized spacial score (nSPS) is 30.7. The zero-order valence-electron chi connectivity index (χ0n) is 25.1. The van der Waals surface area contributed by atoms with Gasteiger partial charge < -0.3 is 24.5 Å². The maximum Gasteiger partial charge on any atom is 0.247 e. The summed E-state index contributed by atoms with van der Waals surface area (Å²) in [6.07, 6.45) is 8.06. The largest absolute Gasteiger partial charge is 0.494 e. The van der Waals surface area contributed by atoms with Gasteiger partial charge in [-0.1, -0.05) is 54.6 Å². The number of rotatable bonds is 7. The van der Waals surface area contributed by atoms with Gasteiger partial charge in [-0.05, 0) is 57.5 Å². The Morgan fingerprint density at radius 3 is 2.28 bits per heavy atom. The standard InChI is InChI=1S/C34H39N3O5S/c1-5-42-25-15-13-24(14-16-25)36-20-9-17-33(4)27(30(36)39)28-31(40)37(26(21-38)23-11-7-6-8-12-23)29-32(41)35(22(2)3)19-10-18-34(28,29)43-33/h6-18,22,26-29,38H,5,19-21H2,1-4H3/t26-,27+,28+,29?,33-,34+/m1/s1. The zero-order chi connectivity index (χ0) is 30.5. The van der Waals surface area contributed by atoms with Crippen LogP contribution in [0.15, 0.2) is 78.9 Å². The Morgan fingerprint density at radius 2 is 1.63 bits per heavy atom. The molecule has 0 bridgehead atoms. The number of aliphatic hydroxyl groups is 1. The maximum absolute atomic E-state index is 14.9. The molecule has 2 aromatic carbocycles. The summed E-state index contributed by atoms with van der Waals surface area (Å²) in [4.78, 5) is 49.2. The molecule has 3 amide bonds. The molecule has 0 aliphatic carbocycles. The van der Waals surface area contributed by atoms with Gasteiger partial charge in [0.05, 0.1) is 35.8 Å². The van der Waals surface area contributed by atoms with E-state index in [0.717, 1.165) is 17.0 Å². The van der Waals surface area contributed by atoms with Crippen LogP contribution in [-0.2, 0) is 14.4 Å². The number of aliphatic hydroxyl groups excluding tert-OH is 1. The van der Waals surface area contributed by atoms with Crippen LogP contribution in [0.1, 0.15) is 39.3 Å². The summed E-state index contributed by atoms with van der Waals surface area (Å²) in [6, 6.07) is 15.1. The molecule has 1 unspecified atom stereocenters. The number of amides is 3. The second-order valence-electron chi connectivity index (χ2n) is 12.1. The summed E-state index contributed by atoms with van der Waals surface area (Å²) in [6.45, 7) is 8.88. The van der Waals surface area contributed by atoms with Crippen molar-refractivity contribution >= 4 is 35.2 Å². The van der Waals surface area contributed by atoms with Crippen molar-refractivity contribution in [2.75, 3.05) is 31.2 Å². The van der Waals surface area contributed by atoms with E-state index in [4.69, 9.17) is 4.74 Å². The molecule has 226 valence electrons. The van der Waals surface area contributed by atoms with Gasteiger partial charge in [0.2, 0.25) is 17.7 Å². The molecule has 6 rings (SSSR count). The van der Waals surface area contributed by atoms with E-state index in [1.54, 1.807) is 26.5 Å². The number of ether oxygens (including phenoxy) is 1. The summed E-state index contributed by atoms with van der Waals surface area (Å²) in [5.74, 6) is -1.36. The van der Waals surface area contributed by atoms with Gasteiger partial charge in [0.1, 0.15) is 11.8 Å². The molecule has 4 aliphatic rings. The van der Waals surface area contributed by atoms with E-state index < -0.39 is 33.4 Å². The van der Waals surface area contributed by atoms with Crippen molar-refractivity contribution in [3.05, 3.63) is 84.5 Å². The van der Waals surface area contributed by atoms with Crippen molar-refractivity contribution < 1.29 is 24.2 Å². The van der Waals surface area contributed by atoms with Gasteiger partial charge in [-0.3, -0.25) is 14.4 Å².